The molecule has 116 valence electrons. The van der Waals surface area contributed by atoms with Crippen LogP contribution >= 0.6 is 0 Å². The zero-order chi connectivity index (χ0) is 16.3. The summed E-state index contributed by atoms with van der Waals surface area (Å²) in [7, 11) is 1.81. The molecular formula is C14H19N7O. The topological polar surface area (TPSA) is 101 Å². The Bertz CT molecular complexity index is 707. The molecule has 1 atom stereocenters. The second kappa shape index (κ2) is 6.30. The second-order valence-corrected chi connectivity index (χ2v) is 5.34. The Labute approximate surface area is 128 Å². The van der Waals surface area contributed by atoms with Gasteiger partial charge in [-0.15, -0.1) is 0 Å². The Morgan fingerprint density at radius 3 is 2.64 bits per heavy atom. The highest BCUT2D eigenvalue weighted by Crippen LogP contribution is 2.16. The van der Waals surface area contributed by atoms with E-state index in [0.717, 1.165) is 5.56 Å². The molecule has 0 saturated heterocycles. The summed E-state index contributed by atoms with van der Waals surface area (Å²) in [6.45, 7) is 5.75. The smallest absolute Gasteiger partial charge is 0.320 e. The average Bonchev–Trinajstić information content (AvgIpc) is 3.05. The molecule has 0 spiro atoms. The number of nitriles is 1. The summed E-state index contributed by atoms with van der Waals surface area (Å²) in [5.41, 5.74) is 1.23. The molecule has 0 aliphatic heterocycles. The van der Waals surface area contributed by atoms with Crippen LogP contribution in [-0.4, -0.2) is 25.6 Å². The van der Waals surface area contributed by atoms with E-state index in [1.165, 1.54) is 0 Å². The number of nitrogens with zero attached hydrogens (tertiary/aromatic N) is 5. The van der Waals surface area contributed by atoms with Gasteiger partial charge >= 0.3 is 6.03 Å². The summed E-state index contributed by atoms with van der Waals surface area (Å²) in [5.74, 6) is 0.257. The van der Waals surface area contributed by atoms with E-state index in [1.807, 2.05) is 40.1 Å². The number of carbonyl (C=O) groups excluding carboxylic acids is 1. The molecule has 2 rings (SSSR count). The highest BCUT2D eigenvalue weighted by molar-refractivity contribution is 5.89. The number of carbonyl (C=O) groups is 1. The molecule has 0 fully saturated rings. The van der Waals surface area contributed by atoms with Crippen molar-refractivity contribution in [2.45, 2.75) is 32.9 Å². The van der Waals surface area contributed by atoms with Gasteiger partial charge in [-0.05, 0) is 20.8 Å². The molecule has 0 saturated carbocycles. The largest absolute Gasteiger partial charge is 0.331 e. The Kier molecular flexibility index (Phi) is 4.46. The maximum Gasteiger partial charge on any atom is 0.320 e. The molecule has 8 heteroatoms. The summed E-state index contributed by atoms with van der Waals surface area (Å²) in [5, 5.41) is 22.8. The van der Waals surface area contributed by atoms with Crippen molar-refractivity contribution >= 4 is 11.8 Å². The molecule has 2 amide bonds. The van der Waals surface area contributed by atoms with Gasteiger partial charge in [0.1, 0.15) is 11.6 Å². The van der Waals surface area contributed by atoms with E-state index in [2.05, 4.69) is 20.8 Å². The maximum atomic E-state index is 12.0. The highest BCUT2D eigenvalue weighted by Gasteiger charge is 2.15. The van der Waals surface area contributed by atoms with Gasteiger partial charge in [0.25, 0.3) is 0 Å². The minimum Gasteiger partial charge on any atom is -0.331 e. The molecule has 2 N–H and O–H groups in total. The minimum absolute atomic E-state index is 0.111. The van der Waals surface area contributed by atoms with Gasteiger partial charge in [0.05, 0.1) is 12.2 Å². The summed E-state index contributed by atoms with van der Waals surface area (Å²) < 4.78 is 3.31. The monoisotopic (exact) mass is 301 g/mol. The SMILES string of the molecule is CC(C)n1cc(C#N)c(NC(=O)N[C@H](C)c2cnn(C)c2)n1. The van der Waals surface area contributed by atoms with E-state index < -0.39 is 6.03 Å². The van der Waals surface area contributed by atoms with Crippen LogP contribution in [0.3, 0.4) is 0 Å². The lowest BCUT2D eigenvalue weighted by Crippen LogP contribution is -2.31. The van der Waals surface area contributed by atoms with E-state index in [9.17, 15) is 4.79 Å². The van der Waals surface area contributed by atoms with Crippen molar-refractivity contribution in [1.29, 1.82) is 5.26 Å². The zero-order valence-corrected chi connectivity index (χ0v) is 13.0. The van der Waals surface area contributed by atoms with Crippen LogP contribution in [0.15, 0.2) is 18.6 Å². The van der Waals surface area contributed by atoms with Gasteiger partial charge in [-0.2, -0.15) is 15.5 Å². The molecule has 2 aromatic heterocycles. The van der Waals surface area contributed by atoms with E-state index in [0.29, 0.717) is 5.56 Å². The molecule has 0 radical (unpaired) electrons. The van der Waals surface area contributed by atoms with E-state index in [-0.39, 0.29) is 17.9 Å². The first-order valence-electron chi connectivity index (χ1n) is 6.96. The average molecular weight is 301 g/mol. The van der Waals surface area contributed by atoms with Crippen LogP contribution in [0.25, 0.3) is 0 Å². The van der Waals surface area contributed by atoms with Crippen molar-refractivity contribution in [3.05, 3.63) is 29.7 Å². The normalized spacial score (nSPS) is 12.0. The van der Waals surface area contributed by atoms with Crippen molar-refractivity contribution in [1.82, 2.24) is 24.9 Å². The molecule has 2 aromatic rings. The molecule has 8 nitrogen and oxygen atoms in total. The first-order chi connectivity index (χ1) is 10.4. The summed E-state index contributed by atoms with van der Waals surface area (Å²) in [6, 6.07) is 1.52. The fourth-order valence-electron chi connectivity index (χ4n) is 1.92. The number of hydrogen-bond acceptors (Lipinski definition) is 4. The third-order valence-corrected chi connectivity index (χ3v) is 3.19. The molecule has 0 bridgehead atoms. The van der Waals surface area contributed by atoms with Crippen molar-refractivity contribution in [2.75, 3.05) is 5.32 Å². The van der Waals surface area contributed by atoms with Crippen LogP contribution in [-0.2, 0) is 7.05 Å². The minimum atomic E-state index is -0.415. The van der Waals surface area contributed by atoms with Gasteiger partial charge in [-0.1, -0.05) is 0 Å². The van der Waals surface area contributed by atoms with Crippen molar-refractivity contribution < 1.29 is 4.79 Å². The van der Waals surface area contributed by atoms with E-state index in [1.54, 1.807) is 21.8 Å². The lowest BCUT2D eigenvalue weighted by molar-refractivity contribution is 0.249. The van der Waals surface area contributed by atoms with Crippen LogP contribution in [0.2, 0.25) is 0 Å². The van der Waals surface area contributed by atoms with Crippen LogP contribution in [0.5, 0.6) is 0 Å². The predicted molar refractivity (Wildman–Crippen MR) is 81.1 cm³/mol. The fourth-order valence-corrected chi connectivity index (χ4v) is 1.92. The number of aromatic nitrogens is 4. The predicted octanol–water partition coefficient (Wildman–Crippen LogP) is 1.95. The Balaban J connectivity index is 2.04. The molecule has 0 aromatic carbocycles. The second-order valence-electron chi connectivity index (χ2n) is 5.34. The molecule has 0 aliphatic carbocycles. The molecule has 0 aliphatic rings. The number of nitrogens with one attached hydrogen (secondary N) is 2. The van der Waals surface area contributed by atoms with Crippen LogP contribution < -0.4 is 10.6 Å². The molecular weight excluding hydrogens is 282 g/mol. The number of hydrogen-bond donors (Lipinski definition) is 2. The van der Waals surface area contributed by atoms with Crippen molar-refractivity contribution in [2.24, 2.45) is 7.05 Å². The number of rotatable bonds is 4. The molecule has 22 heavy (non-hydrogen) atoms. The van der Waals surface area contributed by atoms with Crippen LogP contribution in [0.4, 0.5) is 10.6 Å². The quantitative estimate of drug-likeness (QED) is 0.901. The lowest BCUT2D eigenvalue weighted by Gasteiger charge is -2.12. The summed E-state index contributed by atoms with van der Waals surface area (Å²) in [4.78, 5) is 12.0. The van der Waals surface area contributed by atoms with Crippen molar-refractivity contribution in [3.8, 4) is 6.07 Å². The Morgan fingerprint density at radius 1 is 1.36 bits per heavy atom. The number of anilines is 1. The van der Waals surface area contributed by atoms with E-state index in [4.69, 9.17) is 5.26 Å². The zero-order valence-electron chi connectivity index (χ0n) is 13.0. The maximum absolute atomic E-state index is 12.0. The van der Waals surface area contributed by atoms with Gasteiger partial charge in [-0.3, -0.25) is 14.7 Å². The summed E-state index contributed by atoms with van der Waals surface area (Å²) in [6.07, 6.45) is 5.14. The molecule has 2 heterocycles. The van der Waals surface area contributed by atoms with E-state index >= 15 is 0 Å². The third-order valence-electron chi connectivity index (χ3n) is 3.19. The highest BCUT2D eigenvalue weighted by atomic mass is 16.2. The first-order valence-corrected chi connectivity index (χ1v) is 6.96. The Morgan fingerprint density at radius 2 is 2.09 bits per heavy atom. The Hall–Kier alpha value is -2.82. The molecule has 0 unspecified atom stereocenters. The van der Waals surface area contributed by atoms with Crippen LogP contribution in [0, 0.1) is 11.3 Å². The van der Waals surface area contributed by atoms with Crippen molar-refractivity contribution in [3.63, 3.8) is 0 Å². The number of urea groups is 1. The van der Waals surface area contributed by atoms with Gasteiger partial charge in [0, 0.05) is 31.0 Å². The van der Waals surface area contributed by atoms with Crippen LogP contribution in [0.1, 0.15) is 44.0 Å². The lowest BCUT2D eigenvalue weighted by atomic mass is 10.2. The first kappa shape index (κ1) is 15.6. The van der Waals surface area contributed by atoms with Gasteiger partial charge < -0.3 is 5.32 Å². The fraction of sp³-hybridized carbons (Fsp3) is 0.429. The summed E-state index contributed by atoms with van der Waals surface area (Å²) >= 11 is 0. The number of amides is 2. The van der Waals surface area contributed by atoms with Gasteiger partial charge in [0.15, 0.2) is 5.82 Å². The standard InChI is InChI=1S/C14H19N7O/c1-9(2)21-8-11(5-15)13(19-21)18-14(22)17-10(3)12-6-16-20(4)7-12/h6-10H,1-4H3,(H2,17,18,19,22)/t10-/m1/s1. The van der Waals surface area contributed by atoms with Gasteiger partial charge in [-0.25, -0.2) is 4.79 Å². The third kappa shape index (κ3) is 3.44. The van der Waals surface area contributed by atoms with Gasteiger partial charge in [0.2, 0.25) is 0 Å². The number of aryl methyl sites for hydroxylation is 1.